The third-order valence-electron chi connectivity index (χ3n) is 5.11. The molecule has 31 heavy (non-hydrogen) atoms. The van der Waals surface area contributed by atoms with Gasteiger partial charge in [0.15, 0.2) is 5.65 Å². The lowest BCUT2D eigenvalue weighted by Gasteiger charge is -2.09. The molecule has 0 bridgehead atoms. The highest BCUT2D eigenvalue weighted by Gasteiger charge is 2.17. The summed E-state index contributed by atoms with van der Waals surface area (Å²) >= 11 is 0. The van der Waals surface area contributed by atoms with Gasteiger partial charge in [0.2, 0.25) is 5.91 Å². The van der Waals surface area contributed by atoms with E-state index in [9.17, 15) is 4.79 Å². The van der Waals surface area contributed by atoms with Crippen LogP contribution in [-0.2, 0) is 17.9 Å². The molecule has 0 spiro atoms. The quantitative estimate of drug-likeness (QED) is 0.491. The van der Waals surface area contributed by atoms with Crippen molar-refractivity contribution in [3.8, 4) is 16.9 Å². The number of aryl methyl sites for hydroxylation is 3. The molecule has 8 heteroatoms. The van der Waals surface area contributed by atoms with Gasteiger partial charge in [-0.1, -0.05) is 19.1 Å². The molecule has 0 saturated carbocycles. The first-order chi connectivity index (χ1) is 15.0. The topological polar surface area (TPSA) is 86.9 Å². The maximum Gasteiger partial charge on any atom is 0.247 e. The largest absolute Gasteiger partial charge is 0.497 e. The standard InChI is InChI=1S/C23H26N6O2/c1-5-12-28-20(13-15(2)26-28)25-21(30)14-29-23-22(16(3)27-29)19(10-11-24-23)17-6-8-18(31-4)9-7-17/h6-11,13H,5,12,14H2,1-4H3,(H,25,30). The van der Waals surface area contributed by atoms with Gasteiger partial charge in [0, 0.05) is 24.2 Å². The van der Waals surface area contributed by atoms with Crippen LogP contribution < -0.4 is 10.1 Å². The van der Waals surface area contributed by atoms with Gasteiger partial charge >= 0.3 is 0 Å². The second kappa shape index (κ2) is 8.59. The molecule has 0 saturated heterocycles. The molecule has 0 fully saturated rings. The van der Waals surface area contributed by atoms with Crippen LogP contribution in [0.25, 0.3) is 22.2 Å². The number of aromatic nitrogens is 5. The van der Waals surface area contributed by atoms with E-state index in [1.165, 1.54) is 0 Å². The molecule has 0 radical (unpaired) electrons. The van der Waals surface area contributed by atoms with Gasteiger partial charge in [-0.25, -0.2) is 14.3 Å². The van der Waals surface area contributed by atoms with Gasteiger partial charge < -0.3 is 10.1 Å². The van der Waals surface area contributed by atoms with Crippen molar-refractivity contribution in [2.75, 3.05) is 12.4 Å². The molecule has 3 heterocycles. The van der Waals surface area contributed by atoms with Gasteiger partial charge in [-0.15, -0.1) is 0 Å². The first-order valence-electron chi connectivity index (χ1n) is 10.3. The lowest BCUT2D eigenvalue weighted by atomic mass is 10.0. The number of carbonyl (C=O) groups excluding carboxylic acids is 1. The minimum atomic E-state index is -0.168. The van der Waals surface area contributed by atoms with E-state index in [1.807, 2.05) is 54.9 Å². The molecule has 0 aliphatic heterocycles. The number of benzene rings is 1. The smallest absolute Gasteiger partial charge is 0.247 e. The molecule has 4 aromatic rings. The van der Waals surface area contributed by atoms with Crippen LogP contribution in [0.3, 0.4) is 0 Å². The number of hydrogen-bond acceptors (Lipinski definition) is 5. The minimum Gasteiger partial charge on any atom is -0.497 e. The number of rotatable bonds is 7. The Hall–Kier alpha value is -3.68. The number of anilines is 1. The monoisotopic (exact) mass is 418 g/mol. The molecule has 0 aliphatic carbocycles. The fourth-order valence-corrected chi connectivity index (χ4v) is 3.75. The van der Waals surface area contributed by atoms with Crippen molar-refractivity contribution in [3.63, 3.8) is 0 Å². The highest BCUT2D eigenvalue weighted by Crippen LogP contribution is 2.30. The normalized spacial score (nSPS) is 11.1. The maximum absolute atomic E-state index is 12.8. The van der Waals surface area contributed by atoms with Crippen LogP contribution in [0.4, 0.5) is 5.82 Å². The summed E-state index contributed by atoms with van der Waals surface area (Å²) in [5.41, 5.74) is 4.44. The maximum atomic E-state index is 12.8. The van der Waals surface area contributed by atoms with Crippen LogP contribution in [-0.4, -0.2) is 37.6 Å². The van der Waals surface area contributed by atoms with Gasteiger partial charge in [-0.2, -0.15) is 10.2 Å². The van der Waals surface area contributed by atoms with E-state index >= 15 is 0 Å². The SMILES string of the molecule is CCCn1nc(C)cc1NC(=O)Cn1nc(C)c2c(-c3ccc(OC)cc3)ccnc21. The van der Waals surface area contributed by atoms with Crippen LogP contribution in [0.15, 0.2) is 42.6 Å². The summed E-state index contributed by atoms with van der Waals surface area (Å²) in [6.45, 7) is 6.75. The zero-order chi connectivity index (χ0) is 22.0. The summed E-state index contributed by atoms with van der Waals surface area (Å²) in [6.07, 6.45) is 2.68. The van der Waals surface area contributed by atoms with Gasteiger partial charge in [-0.05, 0) is 49.6 Å². The number of carbonyl (C=O) groups is 1. The Bertz CT molecular complexity index is 1220. The van der Waals surface area contributed by atoms with Crippen molar-refractivity contribution in [1.82, 2.24) is 24.5 Å². The number of methoxy groups -OCH3 is 1. The van der Waals surface area contributed by atoms with Gasteiger partial charge in [0.1, 0.15) is 18.1 Å². The highest BCUT2D eigenvalue weighted by molar-refractivity contribution is 5.96. The number of nitrogens with zero attached hydrogens (tertiary/aromatic N) is 5. The molecular weight excluding hydrogens is 392 g/mol. The summed E-state index contributed by atoms with van der Waals surface area (Å²) in [6, 6.07) is 11.7. The Morgan fingerprint density at radius 2 is 1.87 bits per heavy atom. The molecule has 4 rings (SSSR count). The third kappa shape index (κ3) is 4.14. The zero-order valence-electron chi connectivity index (χ0n) is 18.2. The van der Waals surface area contributed by atoms with E-state index in [0.29, 0.717) is 11.5 Å². The Kier molecular flexibility index (Phi) is 5.70. The van der Waals surface area contributed by atoms with Crippen LogP contribution in [0.2, 0.25) is 0 Å². The number of nitrogens with one attached hydrogen (secondary N) is 1. The lowest BCUT2D eigenvalue weighted by Crippen LogP contribution is -2.21. The van der Waals surface area contributed by atoms with Gasteiger partial charge in [0.25, 0.3) is 0 Å². The molecule has 0 atom stereocenters. The van der Waals surface area contributed by atoms with Crippen LogP contribution in [0.1, 0.15) is 24.7 Å². The van der Waals surface area contributed by atoms with Crippen molar-refractivity contribution in [2.45, 2.75) is 40.3 Å². The van der Waals surface area contributed by atoms with Crippen LogP contribution >= 0.6 is 0 Å². The average Bonchev–Trinajstić information content (AvgIpc) is 3.27. The van der Waals surface area contributed by atoms with E-state index in [4.69, 9.17) is 4.74 Å². The molecule has 160 valence electrons. The summed E-state index contributed by atoms with van der Waals surface area (Å²) in [5.74, 6) is 1.33. The number of pyridine rings is 1. The number of fused-ring (bicyclic) bond motifs is 1. The second-order valence-electron chi connectivity index (χ2n) is 7.47. The predicted octanol–water partition coefficient (Wildman–Crippen LogP) is 3.97. The zero-order valence-corrected chi connectivity index (χ0v) is 18.2. The summed E-state index contributed by atoms with van der Waals surface area (Å²) < 4.78 is 8.73. The fraction of sp³-hybridized carbons (Fsp3) is 0.304. The molecule has 3 aromatic heterocycles. The first-order valence-corrected chi connectivity index (χ1v) is 10.3. The number of hydrogen-bond donors (Lipinski definition) is 1. The number of amides is 1. The highest BCUT2D eigenvalue weighted by atomic mass is 16.5. The van der Waals surface area contributed by atoms with E-state index in [1.54, 1.807) is 18.0 Å². The summed E-state index contributed by atoms with van der Waals surface area (Å²) in [4.78, 5) is 17.3. The van der Waals surface area contributed by atoms with Crippen molar-refractivity contribution < 1.29 is 9.53 Å². The second-order valence-corrected chi connectivity index (χ2v) is 7.47. The number of ether oxygens (including phenoxy) is 1. The average molecular weight is 419 g/mol. The van der Waals surface area contributed by atoms with E-state index in [-0.39, 0.29) is 12.5 Å². The molecular formula is C23H26N6O2. The predicted molar refractivity (Wildman–Crippen MR) is 120 cm³/mol. The summed E-state index contributed by atoms with van der Waals surface area (Å²) in [5, 5.41) is 12.9. The minimum absolute atomic E-state index is 0.0692. The first kappa shape index (κ1) is 20.6. The Balaban J connectivity index is 1.62. The van der Waals surface area contributed by atoms with E-state index in [2.05, 4.69) is 27.4 Å². The molecule has 1 amide bonds. The Morgan fingerprint density at radius 1 is 1.10 bits per heavy atom. The van der Waals surface area contributed by atoms with Gasteiger partial charge in [-0.3, -0.25) is 4.79 Å². The van der Waals surface area contributed by atoms with Gasteiger partial charge in [0.05, 0.1) is 18.5 Å². The molecule has 0 unspecified atom stereocenters. The molecule has 8 nitrogen and oxygen atoms in total. The van der Waals surface area contributed by atoms with Crippen molar-refractivity contribution in [2.24, 2.45) is 0 Å². The molecule has 0 aliphatic rings. The Morgan fingerprint density at radius 3 is 2.58 bits per heavy atom. The van der Waals surface area contributed by atoms with E-state index in [0.717, 1.165) is 46.6 Å². The summed E-state index contributed by atoms with van der Waals surface area (Å²) in [7, 11) is 1.65. The lowest BCUT2D eigenvalue weighted by molar-refractivity contribution is -0.116. The Labute approximate surface area is 180 Å². The van der Waals surface area contributed by atoms with Crippen LogP contribution in [0, 0.1) is 13.8 Å². The fourth-order valence-electron chi connectivity index (χ4n) is 3.75. The van der Waals surface area contributed by atoms with Crippen molar-refractivity contribution in [1.29, 1.82) is 0 Å². The third-order valence-corrected chi connectivity index (χ3v) is 5.11. The molecule has 1 aromatic carbocycles. The molecule has 1 N–H and O–H groups in total. The van der Waals surface area contributed by atoms with Crippen molar-refractivity contribution in [3.05, 3.63) is 54.0 Å². The van der Waals surface area contributed by atoms with Crippen LogP contribution in [0.5, 0.6) is 5.75 Å². The van der Waals surface area contributed by atoms with E-state index < -0.39 is 0 Å². The van der Waals surface area contributed by atoms with Crippen molar-refractivity contribution >= 4 is 22.8 Å².